The number of carbonyl (C=O) groups excluding carboxylic acids is 1. The second-order valence-corrected chi connectivity index (χ2v) is 5.56. The lowest BCUT2D eigenvalue weighted by Gasteiger charge is -2.06. The molecule has 23 heavy (non-hydrogen) atoms. The van der Waals surface area contributed by atoms with Crippen LogP contribution in [0.2, 0.25) is 5.02 Å². The molecule has 0 amide bonds. The van der Waals surface area contributed by atoms with Crippen molar-refractivity contribution in [1.29, 1.82) is 0 Å². The Bertz CT molecular complexity index is 883. The van der Waals surface area contributed by atoms with Crippen molar-refractivity contribution in [2.45, 2.75) is 6.54 Å². The molecule has 1 heterocycles. The molecule has 0 aliphatic carbocycles. The first-order chi connectivity index (χ1) is 11.1. The minimum atomic E-state index is -0.358. The summed E-state index contributed by atoms with van der Waals surface area (Å²) in [5.74, 6) is -0.131. The van der Waals surface area contributed by atoms with Crippen LogP contribution in [0.5, 0.6) is 0 Å². The monoisotopic (exact) mass is 323 g/mol. The van der Waals surface area contributed by atoms with E-state index in [1.807, 2.05) is 42.5 Å². The number of nitrogens with zero attached hydrogens (tertiary/aromatic N) is 1. The summed E-state index contributed by atoms with van der Waals surface area (Å²) >= 11 is 5.79. The van der Waals surface area contributed by atoms with Gasteiger partial charge in [-0.05, 0) is 23.3 Å². The van der Waals surface area contributed by atoms with Crippen LogP contribution in [0.25, 0.3) is 11.1 Å². The first-order valence-electron chi connectivity index (χ1n) is 7.19. The quantitative estimate of drug-likeness (QED) is 0.679. The van der Waals surface area contributed by atoms with Gasteiger partial charge in [0, 0.05) is 11.8 Å². The maximum absolute atomic E-state index is 12.3. The zero-order chi connectivity index (χ0) is 16.2. The van der Waals surface area contributed by atoms with Gasteiger partial charge in [-0.2, -0.15) is 0 Å². The van der Waals surface area contributed by atoms with Gasteiger partial charge in [-0.3, -0.25) is 9.59 Å². The summed E-state index contributed by atoms with van der Waals surface area (Å²) in [5, 5.41) is 0.111. The van der Waals surface area contributed by atoms with E-state index in [2.05, 4.69) is 0 Å². The molecule has 0 saturated carbocycles. The van der Waals surface area contributed by atoms with E-state index in [9.17, 15) is 9.59 Å². The molecule has 0 aliphatic rings. The fourth-order valence-corrected chi connectivity index (χ4v) is 2.54. The predicted molar refractivity (Wildman–Crippen MR) is 91.9 cm³/mol. The van der Waals surface area contributed by atoms with E-state index >= 15 is 0 Å². The van der Waals surface area contributed by atoms with Gasteiger partial charge in [-0.1, -0.05) is 66.2 Å². The molecule has 2 aromatic carbocycles. The molecule has 0 fully saturated rings. The van der Waals surface area contributed by atoms with E-state index in [-0.39, 0.29) is 22.9 Å². The van der Waals surface area contributed by atoms with Crippen LogP contribution in [0, 0.1) is 0 Å². The third-order valence-electron chi connectivity index (χ3n) is 3.60. The lowest BCUT2D eigenvalue weighted by molar-refractivity contribution is 0.0971. The van der Waals surface area contributed by atoms with Crippen LogP contribution in [0.1, 0.15) is 10.4 Å². The molecule has 1 aromatic heterocycles. The van der Waals surface area contributed by atoms with E-state index in [0.717, 1.165) is 11.1 Å². The molecule has 0 spiro atoms. The third kappa shape index (κ3) is 3.41. The lowest BCUT2D eigenvalue weighted by atomic mass is 10.0. The molecule has 0 saturated heterocycles. The summed E-state index contributed by atoms with van der Waals surface area (Å²) in [6, 6.07) is 20.5. The minimum absolute atomic E-state index is 0.0237. The Morgan fingerprint density at radius 3 is 2.22 bits per heavy atom. The van der Waals surface area contributed by atoms with Gasteiger partial charge in [-0.15, -0.1) is 0 Å². The summed E-state index contributed by atoms with van der Waals surface area (Å²) in [4.78, 5) is 24.2. The zero-order valence-corrected chi connectivity index (χ0v) is 13.0. The van der Waals surface area contributed by atoms with Crippen LogP contribution in [0.4, 0.5) is 0 Å². The number of benzene rings is 2. The predicted octanol–water partition coefficient (Wildman–Crippen LogP) is 4.05. The molecule has 3 aromatic rings. The van der Waals surface area contributed by atoms with Crippen molar-refractivity contribution in [1.82, 2.24) is 4.57 Å². The van der Waals surface area contributed by atoms with Gasteiger partial charge >= 0.3 is 0 Å². The fourth-order valence-electron chi connectivity index (χ4n) is 2.36. The summed E-state index contributed by atoms with van der Waals surface area (Å²) in [6.07, 6.45) is 1.56. The highest BCUT2D eigenvalue weighted by molar-refractivity contribution is 6.30. The molecular weight excluding hydrogens is 310 g/mol. The van der Waals surface area contributed by atoms with Crippen LogP contribution in [0.3, 0.4) is 0 Å². The number of hydrogen-bond acceptors (Lipinski definition) is 2. The largest absolute Gasteiger partial charge is 0.306 e. The molecular formula is C19H14ClNO2. The van der Waals surface area contributed by atoms with Crippen LogP contribution >= 0.6 is 11.6 Å². The number of halogens is 1. The first kappa shape index (κ1) is 15.3. The highest BCUT2D eigenvalue weighted by Crippen LogP contribution is 2.19. The SMILES string of the molecule is O=C(Cn1cccc(Cl)c1=O)c1ccc(-c2ccccc2)cc1. The number of pyridine rings is 1. The van der Waals surface area contributed by atoms with Crippen LogP contribution in [-0.2, 0) is 6.54 Å². The van der Waals surface area contributed by atoms with Crippen molar-refractivity contribution in [2.24, 2.45) is 0 Å². The summed E-state index contributed by atoms with van der Waals surface area (Å²) in [7, 11) is 0. The van der Waals surface area contributed by atoms with Gasteiger partial charge in [0.1, 0.15) is 5.02 Å². The second-order valence-electron chi connectivity index (χ2n) is 5.16. The van der Waals surface area contributed by atoms with Gasteiger partial charge in [0.15, 0.2) is 5.78 Å². The molecule has 114 valence electrons. The second kappa shape index (κ2) is 6.63. The molecule has 0 atom stereocenters. The van der Waals surface area contributed by atoms with E-state index in [4.69, 9.17) is 11.6 Å². The van der Waals surface area contributed by atoms with Crippen molar-refractivity contribution in [3.8, 4) is 11.1 Å². The molecule has 0 radical (unpaired) electrons. The molecule has 0 N–H and O–H groups in total. The normalized spacial score (nSPS) is 10.5. The van der Waals surface area contributed by atoms with E-state index in [0.29, 0.717) is 5.56 Å². The molecule has 3 rings (SSSR count). The number of aromatic nitrogens is 1. The molecule has 0 unspecified atom stereocenters. The van der Waals surface area contributed by atoms with Crippen molar-refractivity contribution < 1.29 is 4.79 Å². The van der Waals surface area contributed by atoms with Crippen molar-refractivity contribution in [2.75, 3.05) is 0 Å². The summed E-state index contributed by atoms with van der Waals surface area (Å²) < 4.78 is 1.32. The van der Waals surface area contributed by atoms with E-state index < -0.39 is 0 Å². The number of hydrogen-bond donors (Lipinski definition) is 0. The maximum atomic E-state index is 12.3. The van der Waals surface area contributed by atoms with Crippen molar-refractivity contribution >= 4 is 17.4 Å². The van der Waals surface area contributed by atoms with Gasteiger partial charge in [0.05, 0.1) is 6.54 Å². The number of Topliss-reactive ketones (excluding diaryl/α,β-unsaturated/α-hetero) is 1. The van der Waals surface area contributed by atoms with E-state index in [1.165, 1.54) is 10.6 Å². The van der Waals surface area contributed by atoms with Gasteiger partial charge in [0.2, 0.25) is 0 Å². The summed E-state index contributed by atoms with van der Waals surface area (Å²) in [6.45, 7) is -0.0237. The third-order valence-corrected chi connectivity index (χ3v) is 3.89. The first-order valence-corrected chi connectivity index (χ1v) is 7.56. The van der Waals surface area contributed by atoms with Crippen LogP contribution in [-0.4, -0.2) is 10.4 Å². The maximum Gasteiger partial charge on any atom is 0.269 e. The van der Waals surface area contributed by atoms with Gasteiger partial charge in [-0.25, -0.2) is 0 Å². The zero-order valence-electron chi connectivity index (χ0n) is 12.3. The summed E-state index contributed by atoms with van der Waals surface area (Å²) in [5.41, 5.74) is 2.35. The molecule has 4 heteroatoms. The molecule has 0 aliphatic heterocycles. The Hall–Kier alpha value is -2.65. The van der Waals surface area contributed by atoms with Crippen LogP contribution < -0.4 is 5.56 Å². The topological polar surface area (TPSA) is 39.1 Å². The van der Waals surface area contributed by atoms with E-state index in [1.54, 1.807) is 24.4 Å². The fraction of sp³-hybridized carbons (Fsp3) is 0.0526. The van der Waals surface area contributed by atoms with Gasteiger partial charge in [0.25, 0.3) is 5.56 Å². The standard InChI is InChI=1S/C19H14ClNO2/c20-17-7-4-12-21(19(17)23)13-18(22)16-10-8-15(9-11-16)14-5-2-1-3-6-14/h1-12H,13H2. The Kier molecular flexibility index (Phi) is 4.40. The Balaban J connectivity index is 1.81. The van der Waals surface area contributed by atoms with Crippen molar-refractivity contribution in [3.63, 3.8) is 0 Å². The average Bonchev–Trinajstić information content (AvgIpc) is 2.60. The number of ketones is 1. The molecule has 3 nitrogen and oxygen atoms in total. The highest BCUT2D eigenvalue weighted by Gasteiger charge is 2.09. The lowest BCUT2D eigenvalue weighted by Crippen LogP contribution is -2.23. The average molecular weight is 324 g/mol. The van der Waals surface area contributed by atoms with Crippen molar-refractivity contribution in [3.05, 3.63) is 93.9 Å². The Labute approximate surface area is 138 Å². The Morgan fingerprint density at radius 2 is 1.52 bits per heavy atom. The number of rotatable bonds is 4. The van der Waals surface area contributed by atoms with Gasteiger partial charge < -0.3 is 4.57 Å². The number of carbonyl (C=O) groups is 1. The Morgan fingerprint density at radius 1 is 0.870 bits per heavy atom. The van der Waals surface area contributed by atoms with Crippen LogP contribution in [0.15, 0.2) is 77.7 Å². The minimum Gasteiger partial charge on any atom is -0.306 e. The molecule has 0 bridgehead atoms. The highest BCUT2D eigenvalue weighted by atomic mass is 35.5. The smallest absolute Gasteiger partial charge is 0.269 e.